The number of rotatable bonds is 5. The Bertz CT molecular complexity index is 915. The first-order valence-corrected chi connectivity index (χ1v) is 7.76. The summed E-state index contributed by atoms with van der Waals surface area (Å²) in [6.45, 7) is -0.362. The fraction of sp³-hybridized carbons (Fsp3) is 0.100. The fourth-order valence-electron chi connectivity index (χ4n) is 2.49. The minimum absolute atomic E-state index is 0.331. The summed E-state index contributed by atoms with van der Waals surface area (Å²) in [4.78, 5) is 24.1. The van der Waals surface area contributed by atoms with Crippen LogP contribution in [0.25, 0.3) is 10.8 Å². The third-order valence-corrected chi connectivity index (χ3v) is 3.70. The Hall–Kier alpha value is -3.34. The largest absolute Gasteiger partial charge is 0.497 e. The summed E-state index contributed by atoms with van der Waals surface area (Å²) < 4.78 is 10.1. The highest BCUT2D eigenvalue weighted by Crippen LogP contribution is 2.22. The summed E-state index contributed by atoms with van der Waals surface area (Å²) in [5.41, 5.74) is 1.01. The van der Waals surface area contributed by atoms with Crippen LogP contribution in [0.1, 0.15) is 10.4 Å². The van der Waals surface area contributed by atoms with Gasteiger partial charge < -0.3 is 14.8 Å². The molecule has 0 aliphatic rings. The zero-order chi connectivity index (χ0) is 17.6. The van der Waals surface area contributed by atoms with Crippen molar-refractivity contribution < 1.29 is 19.1 Å². The fourth-order valence-corrected chi connectivity index (χ4v) is 2.49. The summed E-state index contributed by atoms with van der Waals surface area (Å²) >= 11 is 0. The number of anilines is 1. The standard InChI is InChI=1S/C20H17NO4/c1-24-16-9-4-8-15(12-16)20(23)25-13-19(22)21-18-11-5-7-14-6-2-3-10-17(14)18/h2-12H,13H2,1H3,(H,21,22). The molecule has 3 aromatic carbocycles. The number of methoxy groups -OCH3 is 1. The number of nitrogens with one attached hydrogen (secondary N) is 1. The molecule has 0 spiro atoms. The van der Waals surface area contributed by atoms with Crippen LogP contribution < -0.4 is 10.1 Å². The van der Waals surface area contributed by atoms with Crippen molar-refractivity contribution >= 4 is 28.3 Å². The zero-order valence-corrected chi connectivity index (χ0v) is 13.7. The maximum atomic E-state index is 12.1. The van der Waals surface area contributed by atoms with Crippen LogP contribution in [0.3, 0.4) is 0 Å². The van der Waals surface area contributed by atoms with Crippen molar-refractivity contribution in [3.05, 3.63) is 72.3 Å². The number of carbonyl (C=O) groups is 2. The van der Waals surface area contributed by atoms with Crippen LogP contribution in [-0.2, 0) is 9.53 Å². The van der Waals surface area contributed by atoms with E-state index in [2.05, 4.69) is 5.32 Å². The average Bonchev–Trinajstić information content (AvgIpc) is 2.66. The van der Waals surface area contributed by atoms with E-state index in [1.165, 1.54) is 7.11 Å². The molecule has 0 saturated heterocycles. The number of hydrogen-bond acceptors (Lipinski definition) is 4. The zero-order valence-electron chi connectivity index (χ0n) is 13.7. The van der Waals surface area contributed by atoms with Crippen LogP contribution in [0.5, 0.6) is 5.75 Å². The van der Waals surface area contributed by atoms with Gasteiger partial charge in [-0.1, -0.05) is 42.5 Å². The average molecular weight is 335 g/mol. The second kappa shape index (κ2) is 7.49. The lowest BCUT2D eigenvalue weighted by Gasteiger charge is -2.09. The van der Waals surface area contributed by atoms with Crippen molar-refractivity contribution in [1.82, 2.24) is 0 Å². The lowest BCUT2D eigenvalue weighted by atomic mass is 10.1. The molecule has 0 radical (unpaired) electrons. The minimum Gasteiger partial charge on any atom is -0.497 e. The lowest BCUT2D eigenvalue weighted by Crippen LogP contribution is -2.21. The predicted octanol–water partition coefficient (Wildman–Crippen LogP) is 3.64. The molecule has 0 heterocycles. The molecule has 0 fully saturated rings. The van der Waals surface area contributed by atoms with E-state index in [9.17, 15) is 9.59 Å². The highest BCUT2D eigenvalue weighted by molar-refractivity contribution is 6.03. The molecule has 1 amide bonds. The molecule has 3 aromatic rings. The number of amides is 1. The van der Waals surface area contributed by atoms with E-state index in [1.807, 2.05) is 42.5 Å². The van der Waals surface area contributed by atoms with Crippen molar-refractivity contribution in [2.45, 2.75) is 0 Å². The normalized spacial score (nSPS) is 10.3. The molecule has 5 nitrogen and oxygen atoms in total. The second-order valence-electron chi connectivity index (χ2n) is 5.38. The molecule has 0 atom stereocenters. The summed E-state index contributed by atoms with van der Waals surface area (Å²) in [7, 11) is 1.52. The Morgan fingerprint density at radius 1 is 0.960 bits per heavy atom. The molecule has 126 valence electrons. The van der Waals surface area contributed by atoms with Crippen LogP contribution in [0.2, 0.25) is 0 Å². The molecule has 0 aromatic heterocycles. The monoisotopic (exact) mass is 335 g/mol. The first kappa shape index (κ1) is 16.5. The van der Waals surface area contributed by atoms with E-state index in [-0.39, 0.29) is 6.61 Å². The third kappa shape index (κ3) is 3.95. The van der Waals surface area contributed by atoms with Gasteiger partial charge in [0.25, 0.3) is 5.91 Å². The summed E-state index contributed by atoms with van der Waals surface area (Å²) in [6, 6.07) is 19.9. The third-order valence-electron chi connectivity index (χ3n) is 3.70. The number of ether oxygens (including phenoxy) is 2. The SMILES string of the molecule is COc1cccc(C(=O)OCC(=O)Nc2cccc3ccccc23)c1. The number of carbonyl (C=O) groups excluding carboxylic acids is 2. The highest BCUT2D eigenvalue weighted by atomic mass is 16.5. The van der Waals surface area contributed by atoms with Gasteiger partial charge >= 0.3 is 5.97 Å². The van der Waals surface area contributed by atoms with Gasteiger partial charge in [0, 0.05) is 11.1 Å². The van der Waals surface area contributed by atoms with Crippen molar-refractivity contribution in [3.63, 3.8) is 0 Å². The molecule has 3 rings (SSSR count). The van der Waals surface area contributed by atoms with Gasteiger partial charge in [0.2, 0.25) is 0 Å². The topological polar surface area (TPSA) is 64.6 Å². The van der Waals surface area contributed by atoms with Gasteiger partial charge in [0.1, 0.15) is 5.75 Å². The first-order chi connectivity index (χ1) is 12.2. The number of esters is 1. The van der Waals surface area contributed by atoms with E-state index >= 15 is 0 Å². The minimum atomic E-state index is -0.577. The second-order valence-corrected chi connectivity index (χ2v) is 5.38. The van der Waals surface area contributed by atoms with Crippen molar-refractivity contribution in [2.24, 2.45) is 0 Å². The van der Waals surface area contributed by atoms with E-state index in [0.29, 0.717) is 17.0 Å². The smallest absolute Gasteiger partial charge is 0.338 e. The molecule has 0 aliphatic carbocycles. The van der Waals surface area contributed by atoms with Crippen LogP contribution in [0.4, 0.5) is 5.69 Å². The van der Waals surface area contributed by atoms with Crippen molar-refractivity contribution in [1.29, 1.82) is 0 Å². The molecule has 0 unspecified atom stereocenters. The molecule has 1 N–H and O–H groups in total. The molecule has 0 bridgehead atoms. The van der Waals surface area contributed by atoms with Crippen LogP contribution in [-0.4, -0.2) is 25.6 Å². The Labute approximate surface area is 145 Å². The van der Waals surface area contributed by atoms with E-state index in [4.69, 9.17) is 9.47 Å². The Kier molecular flexibility index (Phi) is 4.95. The lowest BCUT2D eigenvalue weighted by molar-refractivity contribution is -0.119. The van der Waals surface area contributed by atoms with Crippen LogP contribution >= 0.6 is 0 Å². The van der Waals surface area contributed by atoms with Gasteiger partial charge in [0.15, 0.2) is 6.61 Å². The van der Waals surface area contributed by atoms with Gasteiger partial charge in [-0.25, -0.2) is 4.79 Å². The van der Waals surface area contributed by atoms with Crippen molar-refractivity contribution in [3.8, 4) is 5.75 Å². The molecule has 0 aliphatic heterocycles. The summed E-state index contributed by atoms with van der Waals surface area (Å²) in [5, 5.41) is 4.72. The van der Waals surface area contributed by atoms with Crippen LogP contribution in [0, 0.1) is 0 Å². The van der Waals surface area contributed by atoms with Gasteiger partial charge in [-0.2, -0.15) is 0 Å². The molecular formula is C20H17NO4. The Morgan fingerprint density at radius 3 is 2.56 bits per heavy atom. The first-order valence-electron chi connectivity index (χ1n) is 7.76. The Morgan fingerprint density at radius 2 is 1.72 bits per heavy atom. The predicted molar refractivity (Wildman–Crippen MR) is 95.9 cm³/mol. The number of hydrogen-bond donors (Lipinski definition) is 1. The van der Waals surface area contributed by atoms with E-state index in [0.717, 1.165) is 10.8 Å². The molecule has 25 heavy (non-hydrogen) atoms. The maximum absolute atomic E-state index is 12.1. The van der Waals surface area contributed by atoms with Crippen molar-refractivity contribution in [2.75, 3.05) is 19.0 Å². The summed E-state index contributed by atoms with van der Waals surface area (Å²) in [5.74, 6) is -0.422. The molecule has 0 saturated carbocycles. The quantitative estimate of drug-likeness (QED) is 0.723. The van der Waals surface area contributed by atoms with Crippen LogP contribution in [0.15, 0.2) is 66.7 Å². The molecular weight excluding hydrogens is 318 g/mol. The highest BCUT2D eigenvalue weighted by Gasteiger charge is 2.12. The van der Waals surface area contributed by atoms with E-state index in [1.54, 1.807) is 24.3 Å². The van der Waals surface area contributed by atoms with E-state index < -0.39 is 11.9 Å². The van der Waals surface area contributed by atoms with Gasteiger partial charge in [0.05, 0.1) is 12.7 Å². The van der Waals surface area contributed by atoms with Gasteiger partial charge in [-0.3, -0.25) is 4.79 Å². The number of benzene rings is 3. The van der Waals surface area contributed by atoms with Gasteiger partial charge in [-0.05, 0) is 29.7 Å². The molecule has 5 heteroatoms. The van der Waals surface area contributed by atoms with Gasteiger partial charge in [-0.15, -0.1) is 0 Å². The number of fused-ring (bicyclic) bond motifs is 1. The maximum Gasteiger partial charge on any atom is 0.338 e. The summed E-state index contributed by atoms with van der Waals surface area (Å²) in [6.07, 6.45) is 0. The Balaban J connectivity index is 1.63.